The van der Waals surface area contributed by atoms with E-state index in [0.29, 0.717) is 10.8 Å². The molecule has 1 amide bonds. The van der Waals surface area contributed by atoms with Crippen molar-refractivity contribution in [1.82, 2.24) is 5.32 Å². The summed E-state index contributed by atoms with van der Waals surface area (Å²) in [5.74, 6) is 1.29. The number of carbonyl (C=O) groups excluding carboxylic acids is 1. The minimum absolute atomic E-state index is 0.120. The molecule has 150 valence electrons. The van der Waals surface area contributed by atoms with Crippen molar-refractivity contribution in [3.63, 3.8) is 0 Å². The first-order valence-electron chi connectivity index (χ1n) is 9.82. The van der Waals surface area contributed by atoms with Crippen LogP contribution in [0.1, 0.15) is 58.6 Å². The summed E-state index contributed by atoms with van der Waals surface area (Å²) in [6.07, 6.45) is 2.50. The normalized spacial score (nSPS) is 18.0. The first-order valence-corrected chi connectivity index (χ1v) is 10.2. The fourth-order valence-corrected chi connectivity index (χ4v) is 3.73. The number of hydrogen-bond donors (Lipinski definition) is 1. The Hall–Kier alpha value is -2.20. The van der Waals surface area contributed by atoms with Gasteiger partial charge >= 0.3 is 0 Å². The van der Waals surface area contributed by atoms with Gasteiger partial charge in [0.05, 0.1) is 6.04 Å². The molecule has 2 aromatic rings. The summed E-state index contributed by atoms with van der Waals surface area (Å²) in [5.41, 5.74) is -0.286. The predicted octanol–water partition coefficient (Wildman–Crippen LogP) is 5.70. The first kappa shape index (κ1) is 20.5. The van der Waals surface area contributed by atoms with Crippen LogP contribution in [0.15, 0.2) is 48.5 Å². The van der Waals surface area contributed by atoms with Crippen molar-refractivity contribution >= 4 is 17.5 Å². The first-order chi connectivity index (χ1) is 13.3. The van der Waals surface area contributed by atoms with Gasteiger partial charge in [-0.15, -0.1) is 0 Å². The Morgan fingerprint density at radius 2 is 1.82 bits per heavy atom. The highest BCUT2D eigenvalue weighted by molar-refractivity contribution is 6.30. The van der Waals surface area contributed by atoms with E-state index < -0.39 is 5.60 Å². The zero-order chi connectivity index (χ0) is 20.4. The summed E-state index contributed by atoms with van der Waals surface area (Å²) in [4.78, 5) is 13.1. The van der Waals surface area contributed by atoms with Crippen LogP contribution in [0.3, 0.4) is 0 Å². The van der Waals surface area contributed by atoms with Crippen molar-refractivity contribution in [3.8, 4) is 11.5 Å². The maximum absolute atomic E-state index is 13.1. The third-order valence-electron chi connectivity index (χ3n) is 5.52. The fourth-order valence-electron chi connectivity index (χ4n) is 3.61. The van der Waals surface area contributed by atoms with Gasteiger partial charge in [0.2, 0.25) is 0 Å². The average Bonchev–Trinajstić information content (AvgIpc) is 2.69. The molecule has 0 aliphatic carbocycles. The maximum Gasteiger partial charge on any atom is 0.264 e. The van der Waals surface area contributed by atoms with Gasteiger partial charge < -0.3 is 14.8 Å². The summed E-state index contributed by atoms with van der Waals surface area (Å²) >= 11 is 5.93. The molecular formula is C23H28ClNO3. The summed E-state index contributed by atoms with van der Waals surface area (Å²) in [6.45, 7) is 7.80. The Labute approximate surface area is 172 Å². The fraction of sp³-hybridized carbons (Fsp3) is 0.435. The quantitative estimate of drug-likeness (QED) is 0.675. The summed E-state index contributed by atoms with van der Waals surface area (Å²) in [6, 6.07) is 14.8. The third kappa shape index (κ3) is 4.27. The van der Waals surface area contributed by atoms with Gasteiger partial charge in [0.1, 0.15) is 17.1 Å². The minimum Gasteiger partial charge on any atom is -0.487 e. The lowest BCUT2D eigenvalue weighted by Gasteiger charge is -2.42. The van der Waals surface area contributed by atoms with Crippen LogP contribution in [0.2, 0.25) is 5.02 Å². The molecule has 0 saturated heterocycles. The Balaban J connectivity index is 1.80. The molecule has 1 heterocycles. The highest BCUT2D eigenvalue weighted by atomic mass is 35.5. The second-order valence-electron chi connectivity index (χ2n) is 7.83. The van der Waals surface area contributed by atoms with E-state index in [4.69, 9.17) is 21.1 Å². The second-order valence-corrected chi connectivity index (χ2v) is 8.26. The molecule has 0 spiro atoms. The van der Waals surface area contributed by atoms with Crippen LogP contribution in [-0.4, -0.2) is 17.1 Å². The number of para-hydroxylation sites is 1. The van der Waals surface area contributed by atoms with Gasteiger partial charge in [-0.2, -0.15) is 0 Å². The topological polar surface area (TPSA) is 47.6 Å². The lowest BCUT2D eigenvalue weighted by Crippen LogP contribution is -2.51. The lowest BCUT2D eigenvalue weighted by molar-refractivity contribution is -0.135. The van der Waals surface area contributed by atoms with Gasteiger partial charge in [-0.1, -0.05) is 43.6 Å². The lowest BCUT2D eigenvalue weighted by atomic mass is 9.83. The number of amides is 1. The zero-order valence-electron chi connectivity index (χ0n) is 16.9. The predicted molar refractivity (Wildman–Crippen MR) is 112 cm³/mol. The van der Waals surface area contributed by atoms with Crippen molar-refractivity contribution in [2.24, 2.45) is 0 Å². The van der Waals surface area contributed by atoms with Crippen LogP contribution in [0.4, 0.5) is 0 Å². The highest BCUT2D eigenvalue weighted by Gasteiger charge is 2.41. The maximum atomic E-state index is 13.1. The molecule has 2 aromatic carbocycles. The molecule has 1 N–H and O–H groups in total. The number of ether oxygens (including phenoxy) is 2. The Bertz CT molecular complexity index is 828. The number of nitrogens with one attached hydrogen (secondary N) is 1. The van der Waals surface area contributed by atoms with Crippen LogP contribution in [0, 0.1) is 0 Å². The van der Waals surface area contributed by atoms with E-state index in [9.17, 15) is 4.79 Å². The number of benzene rings is 2. The smallest absolute Gasteiger partial charge is 0.264 e. The van der Waals surface area contributed by atoms with Crippen LogP contribution in [0.5, 0.6) is 11.5 Å². The van der Waals surface area contributed by atoms with E-state index in [2.05, 4.69) is 19.2 Å². The van der Waals surface area contributed by atoms with E-state index in [1.165, 1.54) is 0 Å². The Morgan fingerprint density at radius 3 is 2.46 bits per heavy atom. The van der Waals surface area contributed by atoms with E-state index in [0.717, 1.165) is 30.6 Å². The van der Waals surface area contributed by atoms with Crippen LogP contribution < -0.4 is 14.8 Å². The zero-order valence-corrected chi connectivity index (χ0v) is 17.7. The summed E-state index contributed by atoms with van der Waals surface area (Å²) < 4.78 is 12.3. The number of carbonyl (C=O) groups is 1. The van der Waals surface area contributed by atoms with E-state index in [-0.39, 0.29) is 17.6 Å². The summed E-state index contributed by atoms with van der Waals surface area (Å²) in [5, 5.41) is 3.83. The van der Waals surface area contributed by atoms with Gasteiger partial charge in [-0.25, -0.2) is 0 Å². The van der Waals surface area contributed by atoms with E-state index >= 15 is 0 Å². The number of fused-ring (bicyclic) bond motifs is 1. The standard InChI is InChI=1S/C23H28ClNO3/c1-5-23(6-2)15-19(18-9-7-8-10-20(18)28-23)25-21(26)22(3,4)27-17-13-11-16(24)12-14-17/h7-14,19H,5-6,15H2,1-4H3,(H,25,26). The molecule has 28 heavy (non-hydrogen) atoms. The van der Waals surface area contributed by atoms with Gasteiger partial charge in [0.25, 0.3) is 5.91 Å². The summed E-state index contributed by atoms with van der Waals surface area (Å²) in [7, 11) is 0. The van der Waals surface area contributed by atoms with E-state index in [1.807, 2.05) is 24.3 Å². The van der Waals surface area contributed by atoms with Crippen LogP contribution in [-0.2, 0) is 4.79 Å². The minimum atomic E-state index is -1.03. The highest BCUT2D eigenvalue weighted by Crippen LogP contribution is 2.42. The largest absolute Gasteiger partial charge is 0.487 e. The van der Waals surface area contributed by atoms with Crippen molar-refractivity contribution < 1.29 is 14.3 Å². The molecule has 1 aliphatic rings. The molecule has 0 saturated carbocycles. The average molecular weight is 402 g/mol. The van der Waals surface area contributed by atoms with Crippen molar-refractivity contribution in [2.75, 3.05) is 0 Å². The molecule has 0 fully saturated rings. The van der Waals surface area contributed by atoms with Crippen molar-refractivity contribution in [1.29, 1.82) is 0 Å². The molecular weight excluding hydrogens is 374 g/mol. The van der Waals surface area contributed by atoms with Crippen molar-refractivity contribution in [3.05, 3.63) is 59.1 Å². The molecule has 5 heteroatoms. The number of hydrogen-bond acceptors (Lipinski definition) is 3. The van der Waals surface area contributed by atoms with Crippen molar-refractivity contribution in [2.45, 2.75) is 64.2 Å². The van der Waals surface area contributed by atoms with Gasteiger partial charge in [-0.05, 0) is 57.0 Å². The number of rotatable bonds is 6. The third-order valence-corrected chi connectivity index (χ3v) is 5.78. The molecule has 0 bridgehead atoms. The van der Waals surface area contributed by atoms with Gasteiger partial charge in [-0.3, -0.25) is 4.79 Å². The Kier molecular flexibility index (Phi) is 5.90. The SMILES string of the molecule is CCC1(CC)CC(NC(=O)C(C)(C)Oc2ccc(Cl)cc2)c2ccccc2O1. The molecule has 0 radical (unpaired) electrons. The van der Waals surface area contributed by atoms with Crippen LogP contribution in [0.25, 0.3) is 0 Å². The monoisotopic (exact) mass is 401 g/mol. The molecule has 0 aromatic heterocycles. The second kappa shape index (κ2) is 8.04. The Morgan fingerprint density at radius 1 is 1.18 bits per heavy atom. The van der Waals surface area contributed by atoms with E-state index in [1.54, 1.807) is 38.1 Å². The molecule has 3 rings (SSSR count). The molecule has 1 aliphatic heterocycles. The molecule has 1 unspecified atom stereocenters. The molecule has 1 atom stereocenters. The molecule has 4 nitrogen and oxygen atoms in total. The van der Waals surface area contributed by atoms with Gasteiger partial charge in [0.15, 0.2) is 5.60 Å². The number of halogens is 1. The van der Waals surface area contributed by atoms with Crippen LogP contribution >= 0.6 is 11.6 Å². The van der Waals surface area contributed by atoms with Gasteiger partial charge in [0, 0.05) is 17.0 Å².